The van der Waals surface area contributed by atoms with Crippen molar-refractivity contribution in [1.82, 2.24) is 14.6 Å². The first-order valence-electron chi connectivity index (χ1n) is 8.44. The number of nitrogens with zero attached hydrogens (tertiary/aromatic N) is 3. The Balaban J connectivity index is 1.99. The van der Waals surface area contributed by atoms with E-state index >= 15 is 0 Å². The van der Waals surface area contributed by atoms with Gasteiger partial charge in [-0.15, -0.1) is 0 Å². The molecule has 0 spiro atoms. The van der Waals surface area contributed by atoms with Gasteiger partial charge in [0.1, 0.15) is 5.56 Å². The van der Waals surface area contributed by atoms with E-state index in [2.05, 4.69) is 5.10 Å². The summed E-state index contributed by atoms with van der Waals surface area (Å²) in [4.78, 5) is 17.0. The summed E-state index contributed by atoms with van der Waals surface area (Å²) in [5.41, 5.74) is 4.47. The molecule has 0 N–H and O–H groups in total. The summed E-state index contributed by atoms with van der Waals surface area (Å²) in [5.74, 6) is -0.417. The molecule has 0 aliphatic carbocycles. The van der Waals surface area contributed by atoms with Crippen LogP contribution in [0.2, 0.25) is 0 Å². The summed E-state index contributed by atoms with van der Waals surface area (Å²) in [5, 5.41) is 4.39. The molecule has 0 aliphatic rings. The molecule has 5 nitrogen and oxygen atoms in total. The zero-order valence-corrected chi connectivity index (χ0v) is 14.3. The molecule has 0 saturated carbocycles. The Bertz CT molecular complexity index is 1060. The molecule has 0 aliphatic heterocycles. The highest BCUT2D eigenvalue weighted by Crippen LogP contribution is 2.27. The molecule has 0 fully saturated rings. The number of fused-ring (bicyclic) bond motifs is 1. The van der Waals surface area contributed by atoms with Crippen molar-refractivity contribution in [2.24, 2.45) is 0 Å². The van der Waals surface area contributed by atoms with Gasteiger partial charge in [0, 0.05) is 11.1 Å². The Hall–Kier alpha value is -3.47. The fraction of sp³-hybridized carbons (Fsp3) is 0.0952. The number of ether oxygens (including phenoxy) is 1. The van der Waals surface area contributed by atoms with Crippen LogP contribution in [0.15, 0.2) is 72.9 Å². The molecular formula is C21H17N3O2. The van der Waals surface area contributed by atoms with E-state index in [4.69, 9.17) is 9.72 Å². The molecule has 2 aromatic heterocycles. The Labute approximate surface area is 150 Å². The molecule has 2 heterocycles. The van der Waals surface area contributed by atoms with Crippen molar-refractivity contribution in [2.75, 3.05) is 6.61 Å². The Kier molecular flexibility index (Phi) is 4.19. The number of hydrogen-bond acceptors (Lipinski definition) is 4. The lowest BCUT2D eigenvalue weighted by Gasteiger charge is -2.09. The van der Waals surface area contributed by atoms with E-state index in [1.54, 1.807) is 11.4 Å². The minimum atomic E-state index is -0.417. The van der Waals surface area contributed by atoms with Gasteiger partial charge in [-0.3, -0.25) is 0 Å². The highest BCUT2D eigenvalue weighted by atomic mass is 16.5. The molecule has 0 unspecified atom stereocenters. The maximum atomic E-state index is 12.3. The number of esters is 1. The molecule has 0 amide bonds. The summed E-state index contributed by atoms with van der Waals surface area (Å²) in [6.07, 6.45) is 1.52. The quantitative estimate of drug-likeness (QED) is 0.520. The van der Waals surface area contributed by atoms with E-state index in [-0.39, 0.29) is 0 Å². The second kappa shape index (κ2) is 6.80. The first-order chi connectivity index (χ1) is 12.8. The number of rotatable bonds is 4. The van der Waals surface area contributed by atoms with E-state index < -0.39 is 5.97 Å². The molecule has 0 atom stereocenters. The van der Waals surface area contributed by atoms with Gasteiger partial charge in [-0.25, -0.2) is 14.3 Å². The van der Waals surface area contributed by atoms with E-state index in [0.717, 1.165) is 22.5 Å². The van der Waals surface area contributed by atoms with Crippen molar-refractivity contribution in [2.45, 2.75) is 6.92 Å². The van der Waals surface area contributed by atoms with E-state index in [1.807, 2.05) is 66.7 Å². The van der Waals surface area contributed by atoms with Gasteiger partial charge in [0.05, 0.1) is 24.2 Å². The van der Waals surface area contributed by atoms with E-state index in [0.29, 0.717) is 17.8 Å². The van der Waals surface area contributed by atoms with Gasteiger partial charge in [-0.05, 0) is 13.0 Å². The van der Waals surface area contributed by atoms with E-state index in [1.165, 1.54) is 6.20 Å². The number of aromatic nitrogens is 3. The molecule has 26 heavy (non-hydrogen) atoms. The summed E-state index contributed by atoms with van der Waals surface area (Å²) in [6.45, 7) is 2.09. The third-order valence-corrected chi connectivity index (χ3v) is 4.11. The van der Waals surface area contributed by atoms with Crippen LogP contribution in [0.4, 0.5) is 0 Å². The SMILES string of the molecule is CCOC(=O)c1cnn2c(-c3ccccc3)cc(-c3ccccc3)nc12. The molecular weight excluding hydrogens is 326 g/mol. The second-order valence-corrected chi connectivity index (χ2v) is 5.77. The largest absolute Gasteiger partial charge is 0.462 e. The van der Waals surface area contributed by atoms with Crippen molar-refractivity contribution in [3.63, 3.8) is 0 Å². The minimum absolute atomic E-state index is 0.306. The summed E-state index contributed by atoms with van der Waals surface area (Å²) < 4.78 is 6.84. The normalized spacial score (nSPS) is 10.8. The number of hydrogen-bond donors (Lipinski definition) is 0. The van der Waals surface area contributed by atoms with Crippen molar-refractivity contribution < 1.29 is 9.53 Å². The summed E-state index contributed by atoms with van der Waals surface area (Å²) in [6, 6.07) is 21.8. The molecule has 0 radical (unpaired) electrons. The highest BCUT2D eigenvalue weighted by Gasteiger charge is 2.19. The predicted molar refractivity (Wildman–Crippen MR) is 99.8 cm³/mol. The predicted octanol–water partition coefficient (Wildman–Crippen LogP) is 4.24. The van der Waals surface area contributed by atoms with Gasteiger partial charge in [0.15, 0.2) is 5.65 Å². The number of carbonyl (C=O) groups excluding carboxylic acids is 1. The van der Waals surface area contributed by atoms with Crippen LogP contribution in [-0.2, 0) is 4.74 Å². The van der Waals surface area contributed by atoms with Crippen LogP contribution in [-0.4, -0.2) is 27.2 Å². The zero-order valence-electron chi connectivity index (χ0n) is 14.3. The highest BCUT2D eigenvalue weighted by molar-refractivity contribution is 5.96. The first-order valence-corrected chi connectivity index (χ1v) is 8.44. The van der Waals surface area contributed by atoms with Crippen molar-refractivity contribution in [3.05, 3.63) is 78.5 Å². The smallest absolute Gasteiger partial charge is 0.343 e. The van der Waals surface area contributed by atoms with Crippen molar-refractivity contribution in [1.29, 1.82) is 0 Å². The topological polar surface area (TPSA) is 56.5 Å². The lowest BCUT2D eigenvalue weighted by Crippen LogP contribution is -2.06. The zero-order chi connectivity index (χ0) is 17.9. The van der Waals surface area contributed by atoms with Crippen molar-refractivity contribution in [3.8, 4) is 22.5 Å². The third kappa shape index (κ3) is 2.84. The molecule has 128 valence electrons. The van der Waals surface area contributed by atoms with Gasteiger partial charge in [-0.1, -0.05) is 60.7 Å². The lowest BCUT2D eigenvalue weighted by molar-refractivity contribution is 0.0528. The number of benzene rings is 2. The van der Waals surface area contributed by atoms with Gasteiger partial charge < -0.3 is 4.74 Å². The fourth-order valence-electron chi connectivity index (χ4n) is 2.89. The molecule has 2 aromatic carbocycles. The van der Waals surface area contributed by atoms with Gasteiger partial charge in [-0.2, -0.15) is 5.10 Å². The van der Waals surface area contributed by atoms with Crippen LogP contribution < -0.4 is 0 Å². The molecule has 0 bridgehead atoms. The molecule has 0 saturated heterocycles. The van der Waals surface area contributed by atoms with Crippen molar-refractivity contribution >= 4 is 11.6 Å². The van der Waals surface area contributed by atoms with Gasteiger partial charge >= 0.3 is 5.97 Å². The maximum Gasteiger partial charge on any atom is 0.343 e. The minimum Gasteiger partial charge on any atom is -0.462 e. The Morgan fingerprint density at radius 1 is 1.00 bits per heavy atom. The fourth-order valence-corrected chi connectivity index (χ4v) is 2.89. The van der Waals surface area contributed by atoms with Crippen LogP contribution in [0.1, 0.15) is 17.3 Å². The van der Waals surface area contributed by atoms with Crippen LogP contribution in [0.25, 0.3) is 28.2 Å². The van der Waals surface area contributed by atoms with Crippen LogP contribution in [0.3, 0.4) is 0 Å². The van der Waals surface area contributed by atoms with Crippen LogP contribution >= 0.6 is 0 Å². The second-order valence-electron chi connectivity index (χ2n) is 5.77. The van der Waals surface area contributed by atoms with Crippen LogP contribution in [0.5, 0.6) is 0 Å². The lowest BCUT2D eigenvalue weighted by atomic mass is 10.1. The average Bonchev–Trinajstić information content (AvgIpc) is 3.13. The molecule has 5 heteroatoms. The van der Waals surface area contributed by atoms with E-state index in [9.17, 15) is 4.79 Å². The summed E-state index contributed by atoms with van der Waals surface area (Å²) in [7, 11) is 0. The monoisotopic (exact) mass is 343 g/mol. The maximum absolute atomic E-state index is 12.3. The average molecular weight is 343 g/mol. The van der Waals surface area contributed by atoms with Gasteiger partial charge in [0.2, 0.25) is 0 Å². The van der Waals surface area contributed by atoms with Gasteiger partial charge in [0.25, 0.3) is 0 Å². The standard InChI is InChI=1S/C21H17N3O2/c1-2-26-21(25)17-14-22-24-19(16-11-7-4-8-12-16)13-18(23-20(17)24)15-9-5-3-6-10-15/h3-14H,2H2,1H3. The first kappa shape index (κ1) is 16.0. The molecule has 4 aromatic rings. The molecule has 4 rings (SSSR count). The summed E-state index contributed by atoms with van der Waals surface area (Å²) >= 11 is 0. The van der Waals surface area contributed by atoms with Crippen LogP contribution in [0, 0.1) is 0 Å². The Morgan fingerprint density at radius 3 is 2.31 bits per heavy atom. The third-order valence-electron chi connectivity index (χ3n) is 4.11. The Morgan fingerprint density at radius 2 is 1.65 bits per heavy atom. The number of carbonyl (C=O) groups is 1.